The smallest absolute Gasteiger partial charge is 0.158 e. The average Bonchev–Trinajstić information content (AvgIpc) is 2.56. The molecule has 0 aliphatic heterocycles. The summed E-state index contributed by atoms with van der Waals surface area (Å²) in [5.74, 6) is 0.238. The maximum absolute atomic E-state index is 12.1. The minimum atomic E-state index is 0.238. The van der Waals surface area contributed by atoms with Gasteiger partial charge in [-0.25, -0.2) is 0 Å². The summed E-state index contributed by atoms with van der Waals surface area (Å²) in [5, 5.41) is 0. The monoisotopic (exact) mass is 278 g/mol. The van der Waals surface area contributed by atoms with Crippen LogP contribution in [0.2, 0.25) is 0 Å². The van der Waals surface area contributed by atoms with Crippen molar-refractivity contribution in [2.24, 2.45) is 0 Å². The van der Waals surface area contributed by atoms with E-state index in [-0.39, 0.29) is 5.78 Å². The van der Waals surface area contributed by atoms with Crippen LogP contribution in [0.25, 0.3) is 5.57 Å². The molecule has 1 heteroatoms. The average molecular weight is 278 g/mol. The molecule has 108 valence electrons. The van der Waals surface area contributed by atoms with E-state index in [1.165, 1.54) is 11.1 Å². The summed E-state index contributed by atoms with van der Waals surface area (Å²) in [6.07, 6.45) is 2.42. The molecular formula is C20H22O. The zero-order chi connectivity index (χ0) is 15.1. The Morgan fingerprint density at radius 1 is 0.905 bits per heavy atom. The van der Waals surface area contributed by atoms with Crippen LogP contribution in [0.1, 0.15) is 37.8 Å². The molecule has 0 aliphatic carbocycles. The number of benzene rings is 2. The maximum atomic E-state index is 12.1. The lowest BCUT2D eigenvalue weighted by Gasteiger charge is -2.12. The van der Waals surface area contributed by atoms with E-state index in [0.717, 1.165) is 24.0 Å². The van der Waals surface area contributed by atoms with Gasteiger partial charge in [0.25, 0.3) is 0 Å². The first kappa shape index (κ1) is 15.2. The van der Waals surface area contributed by atoms with Crippen molar-refractivity contribution < 1.29 is 4.79 Å². The molecule has 0 radical (unpaired) electrons. The fourth-order valence-corrected chi connectivity index (χ4v) is 2.54. The number of allylic oxidation sites excluding steroid dienone is 2. The summed E-state index contributed by atoms with van der Waals surface area (Å²) in [6.45, 7) is 3.88. The van der Waals surface area contributed by atoms with Crippen LogP contribution in [0, 0.1) is 0 Å². The second-order valence-electron chi connectivity index (χ2n) is 5.23. The molecule has 0 amide bonds. The van der Waals surface area contributed by atoms with Crippen molar-refractivity contribution in [2.45, 2.75) is 33.1 Å². The van der Waals surface area contributed by atoms with Crippen LogP contribution in [0.3, 0.4) is 0 Å². The highest BCUT2D eigenvalue weighted by molar-refractivity contribution is 6.01. The summed E-state index contributed by atoms with van der Waals surface area (Å²) < 4.78 is 0. The lowest BCUT2D eigenvalue weighted by Crippen LogP contribution is -2.02. The topological polar surface area (TPSA) is 17.1 Å². The first-order valence-corrected chi connectivity index (χ1v) is 7.54. The maximum Gasteiger partial charge on any atom is 0.158 e. The van der Waals surface area contributed by atoms with Crippen molar-refractivity contribution in [3.05, 3.63) is 77.4 Å². The highest BCUT2D eigenvalue weighted by Gasteiger charge is 2.11. The third kappa shape index (κ3) is 4.16. The van der Waals surface area contributed by atoms with Gasteiger partial charge in [0.05, 0.1) is 0 Å². The van der Waals surface area contributed by atoms with Gasteiger partial charge in [-0.05, 0) is 42.0 Å². The molecule has 0 saturated heterocycles. The summed E-state index contributed by atoms with van der Waals surface area (Å²) in [6, 6.07) is 20.7. The standard InChI is InChI=1S/C20H22O/c1-3-20(21)16(2)19(18-12-8-5-9-13-18)15-14-17-10-6-4-7-11-17/h4-13H,3,14-15H2,1-2H3/b19-16-. The van der Waals surface area contributed by atoms with Crippen molar-refractivity contribution in [3.8, 4) is 0 Å². The van der Waals surface area contributed by atoms with Crippen molar-refractivity contribution in [3.63, 3.8) is 0 Å². The molecule has 0 aromatic heterocycles. The fourth-order valence-electron chi connectivity index (χ4n) is 2.54. The van der Waals surface area contributed by atoms with Gasteiger partial charge in [0.2, 0.25) is 0 Å². The van der Waals surface area contributed by atoms with Gasteiger partial charge in [-0.15, -0.1) is 0 Å². The van der Waals surface area contributed by atoms with E-state index in [2.05, 4.69) is 36.4 Å². The van der Waals surface area contributed by atoms with Crippen molar-refractivity contribution in [1.82, 2.24) is 0 Å². The van der Waals surface area contributed by atoms with Crippen LogP contribution >= 0.6 is 0 Å². The summed E-state index contributed by atoms with van der Waals surface area (Å²) >= 11 is 0. The van der Waals surface area contributed by atoms with Crippen LogP contribution in [-0.2, 0) is 11.2 Å². The number of rotatable bonds is 6. The van der Waals surface area contributed by atoms with Crippen LogP contribution in [0.4, 0.5) is 0 Å². The van der Waals surface area contributed by atoms with Gasteiger partial charge >= 0.3 is 0 Å². The molecule has 2 aromatic carbocycles. The number of carbonyl (C=O) groups is 1. The number of carbonyl (C=O) groups excluding carboxylic acids is 1. The minimum Gasteiger partial charge on any atom is -0.295 e. The fraction of sp³-hybridized carbons (Fsp3) is 0.250. The molecule has 0 spiro atoms. The normalized spacial score (nSPS) is 11.9. The van der Waals surface area contributed by atoms with Gasteiger partial charge in [-0.1, -0.05) is 67.6 Å². The first-order chi connectivity index (χ1) is 10.2. The van der Waals surface area contributed by atoms with Crippen LogP contribution < -0.4 is 0 Å². The van der Waals surface area contributed by atoms with E-state index < -0.39 is 0 Å². The third-order valence-electron chi connectivity index (χ3n) is 3.82. The van der Waals surface area contributed by atoms with E-state index in [0.29, 0.717) is 6.42 Å². The second kappa shape index (κ2) is 7.58. The highest BCUT2D eigenvalue weighted by Crippen LogP contribution is 2.25. The molecule has 0 bridgehead atoms. The molecule has 0 unspecified atom stereocenters. The van der Waals surface area contributed by atoms with E-state index in [1.807, 2.05) is 38.1 Å². The molecule has 1 nitrogen and oxygen atoms in total. The van der Waals surface area contributed by atoms with Gasteiger partial charge < -0.3 is 0 Å². The Balaban J connectivity index is 2.27. The Kier molecular flexibility index (Phi) is 5.51. The molecule has 0 fully saturated rings. The SMILES string of the molecule is CCC(=O)/C(C)=C(/CCc1ccccc1)c1ccccc1. The molecular weight excluding hydrogens is 256 g/mol. The van der Waals surface area contributed by atoms with Gasteiger partial charge in [0.15, 0.2) is 5.78 Å². The third-order valence-corrected chi connectivity index (χ3v) is 3.82. The predicted octanol–water partition coefficient (Wildman–Crippen LogP) is 5.07. The van der Waals surface area contributed by atoms with E-state index in [9.17, 15) is 4.79 Å². The number of Topliss-reactive ketones (excluding diaryl/α,β-unsaturated/α-hetero) is 1. The summed E-state index contributed by atoms with van der Waals surface area (Å²) in [5.41, 5.74) is 4.54. The van der Waals surface area contributed by atoms with Gasteiger partial charge in [0, 0.05) is 6.42 Å². The molecule has 0 atom stereocenters. The van der Waals surface area contributed by atoms with Gasteiger partial charge in [-0.3, -0.25) is 4.79 Å². The molecule has 21 heavy (non-hydrogen) atoms. The lowest BCUT2D eigenvalue weighted by molar-refractivity contribution is -0.115. The predicted molar refractivity (Wildman–Crippen MR) is 89.1 cm³/mol. The summed E-state index contributed by atoms with van der Waals surface area (Å²) in [7, 11) is 0. The molecule has 0 heterocycles. The molecule has 0 saturated carbocycles. The Hall–Kier alpha value is -2.15. The van der Waals surface area contributed by atoms with Crippen molar-refractivity contribution >= 4 is 11.4 Å². The van der Waals surface area contributed by atoms with Crippen LogP contribution in [0.15, 0.2) is 66.2 Å². The van der Waals surface area contributed by atoms with E-state index in [4.69, 9.17) is 0 Å². The zero-order valence-electron chi connectivity index (χ0n) is 12.8. The number of hydrogen-bond donors (Lipinski definition) is 0. The molecule has 0 aliphatic rings. The van der Waals surface area contributed by atoms with E-state index in [1.54, 1.807) is 0 Å². The van der Waals surface area contributed by atoms with Gasteiger partial charge in [0.1, 0.15) is 0 Å². The Morgan fingerprint density at radius 3 is 2.05 bits per heavy atom. The number of ketones is 1. The quantitative estimate of drug-likeness (QED) is 0.674. The molecule has 2 aromatic rings. The zero-order valence-corrected chi connectivity index (χ0v) is 12.8. The Bertz CT molecular complexity index is 609. The van der Waals surface area contributed by atoms with Gasteiger partial charge in [-0.2, -0.15) is 0 Å². The number of hydrogen-bond acceptors (Lipinski definition) is 1. The number of aryl methyl sites for hydroxylation is 1. The second-order valence-corrected chi connectivity index (χ2v) is 5.23. The summed E-state index contributed by atoms with van der Waals surface area (Å²) in [4.78, 5) is 12.1. The van der Waals surface area contributed by atoms with Crippen LogP contribution in [-0.4, -0.2) is 5.78 Å². The van der Waals surface area contributed by atoms with Crippen molar-refractivity contribution in [1.29, 1.82) is 0 Å². The van der Waals surface area contributed by atoms with E-state index >= 15 is 0 Å². The lowest BCUT2D eigenvalue weighted by atomic mass is 9.92. The largest absolute Gasteiger partial charge is 0.295 e. The Labute approximate surface area is 127 Å². The molecule has 0 N–H and O–H groups in total. The molecule has 2 rings (SSSR count). The van der Waals surface area contributed by atoms with Crippen molar-refractivity contribution in [2.75, 3.05) is 0 Å². The minimum absolute atomic E-state index is 0.238. The Morgan fingerprint density at radius 2 is 1.48 bits per heavy atom. The first-order valence-electron chi connectivity index (χ1n) is 7.54. The van der Waals surface area contributed by atoms with Crippen LogP contribution in [0.5, 0.6) is 0 Å². The highest BCUT2D eigenvalue weighted by atomic mass is 16.1.